The molecule has 0 atom stereocenters. The average molecular weight is 286 g/mol. The van der Waals surface area contributed by atoms with Crippen molar-refractivity contribution in [2.75, 3.05) is 5.32 Å². The van der Waals surface area contributed by atoms with E-state index in [0.717, 1.165) is 17.6 Å². The molecular weight excluding hydrogens is 277 g/mol. The number of hydrogen-bond donors (Lipinski definition) is 1. The Hall–Kier alpha value is -1.53. The van der Waals surface area contributed by atoms with E-state index >= 15 is 0 Å². The largest absolute Gasteiger partial charge is 0.320 e. The number of carbonyl (C=O) groups is 1. The van der Waals surface area contributed by atoms with E-state index in [9.17, 15) is 9.18 Å². The zero-order valence-electron chi connectivity index (χ0n) is 9.41. The Bertz CT molecular complexity index is 587. The highest BCUT2D eigenvalue weighted by molar-refractivity contribution is 7.08. The Morgan fingerprint density at radius 1 is 1.56 bits per heavy atom. The summed E-state index contributed by atoms with van der Waals surface area (Å²) in [5.74, 6) is -0.790. The van der Waals surface area contributed by atoms with Gasteiger partial charge in [-0.05, 0) is 36.2 Å². The van der Waals surface area contributed by atoms with Crippen LogP contribution >= 0.6 is 23.1 Å². The minimum absolute atomic E-state index is 0.152. The molecule has 18 heavy (non-hydrogen) atoms. The predicted molar refractivity (Wildman–Crippen MR) is 68.7 cm³/mol. The van der Waals surface area contributed by atoms with Crippen LogP contribution in [0.3, 0.4) is 0 Å². The van der Waals surface area contributed by atoms with E-state index in [4.69, 9.17) is 11.6 Å². The number of hydrogen-bond acceptors (Lipinski definition) is 4. The third-order valence-corrected chi connectivity index (χ3v) is 3.36. The van der Waals surface area contributed by atoms with Gasteiger partial charge in [0, 0.05) is 0 Å². The first-order valence-electron chi connectivity index (χ1n) is 5.19. The summed E-state index contributed by atoms with van der Waals surface area (Å²) < 4.78 is 16.6. The summed E-state index contributed by atoms with van der Waals surface area (Å²) >= 11 is 6.85. The summed E-state index contributed by atoms with van der Waals surface area (Å²) in [5, 5.41) is 6.61. The lowest BCUT2D eigenvalue weighted by Crippen LogP contribution is -2.12. The summed E-state index contributed by atoms with van der Waals surface area (Å²) in [5.41, 5.74) is 0.995. The molecule has 1 heterocycles. The van der Waals surface area contributed by atoms with E-state index < -0.39 is 5.82 Å². The summed E-state index contributed by atoms with van der Waals surface area (Å²) in [6.07, 6.45) is 0.621. The number of aryl methyl sites for hydroxylation is 1. The maximum Gasteiger partial charge on any atom is 0.269 e. The molecule has 0 spiro atoms. The molecule has 1 aromatic heterocycles. The normalized spacial score (nSPS) is 10.4. The lowest BCUT2D eigenvalue weighted by atomic mass is 10.2. The van der Waals surface area contributed by atoms with E-state index in [-0.39, 0.29) is 10.9 Å². The van der Waals surface area contributed by atoms with Crippen LogP contribution in [0.4, 0.5) is 10.1 Å². The standard InChI is InChI=1S/C11H9ClFN3OS/c1-2-8-10(18-16-15-8)11(17)14-9-4-3-6(13)5-7(9)12/h3-5H,2H2,1H3,(H,14,17). The van der Waals surface area contributed by atoms with Crippen molar-refractivity contribution in [3.63, 3.8) is 0 Å². The number of carbonyl (C=O) groups excluding carboxylic acids is 1. The van der Waals surface area contributed by atoms with Crippen LogP contribution in [0.5, 0.6) is 0 Å². The Labute approximate surface area is 112 Å². The maximum absolute atomic E-state index is 12.9. The van der Waals surface area contributed by atoms with Crippen molar-refractivity contribution in [3.8, 4) is 0 Å². The van der Waals surface area contributed by atoms with Crippen molar-refractivity contribution >= 4 is 34.7 Å². The van der Waals surface area contributed by atoms with Gasteiger partial charge in [0.25, 0.3) is 5.91 Å². The minimum atomic E-state index is -0.452. The fourth-order valence-corrected chi connectivity index (χ4v) is 2.24. The quantitative estimate of drug-likeness (QED) is 0.942. The SMILES string of the molecule is CCc1nnsc1C(=O)Nc1ccc(F)cc1Cl. The first kappa shape index (κ1) is 12.9. The van der Waals surface area contributed by atoms with Crippen molar-refractivity contribution in [1.82, 2.24) is 9.59 Å². The number of nitrogens with one attached hydrogen (secondary N) is 1. The third kappa shape index (κ3) is 2.65. The second kappa shape index (κ2) is 5.41. The molecule has 7 heteroatoms. The van der Waals surface area contributed by atoms with E-state index in [0.29, 0.717) is 22.7 Å². The van der Waals surface area contributed by atoms with Crippen LogP contribution in [-0.2, 0) is 6.42 Å². The van der Waals surface area contributed by atoms with Crippen LogP contribution in [0.15, 0.2) is 18.2 Å². The lowest BCUT2D eigenvalue weighted by molar-refractivity contribution is 0.102. The number of aromatic nitrogens is 2. The van der Waals surface area contributed by atoms with Gasteiger partial charge >= 0.3 is 0 Å². The number of halogens is 2. The van der Waals surface area contributed by atoms with Gasteiger partial charge in [-0.2, -0.15) is 0 Å². The molecule has 4 nitrogen and oxygen atoms in total. The molecule has 1 amide bonds. The summed E-state index contributed by atoms with van der Waals surface area (Å²) in [6, 6.07) is 3.78. The Balaban J connectivity index is 2.21. The molecule has 2 aromatic rings. The van der Waals surface area contributed by atoms with Crippen molar-refractivity contribution in [2.24, 2.45) is 0 Å². The second-order valence-electron chi connectivity index (χ2n) is 3.48. The molecule has 0 radical (unpaired) electrons. The average Bonchev–Trinajstić information content (AvgIpc) is 2.81. The van der Waals surface area contributed by atoms with E-state index in [1.165, 1.54) is 12.1 Å². The molecule has 0 aliphatic carbocycles. The van der Waals surface area contributed by atoms with Crippen LogP contribution in [0.1, 0.15) is 22.3 Å². The van der Waals surface area contributed by atoms with Crippen molar-refractivity contribution in [3.05, 3.63) is 39.6 Å². The van der Waals surface area contributed by atoms with Gasteiger partial charge in [-0.15, -0.1) is 5.10 Å². The molecule has 0 saturated carbocycles. The van der Waals surface area contributed by atoms with Gasteiger partial charge < -0.3 is 5.32 Å². The Kier molecular flexibility index (Phi) is 3.88. The smallest absolute Gasteiger partial charge is 0.269 e. The van der Waals surface area contributed by atoms with Crippen LogP contribution < -0.4 is 5.32 Å². The molecule has 0 saturated heterocycles. The topological polar surface area (TPSA) is 54.9 Å². The molecule has 0 aliphatic rings. The van der Waals surface area contributed by atoms with Gasteiger partial charge in [-0.3, -0.25) is 4.79 Å². The van der Waals surface area contributed by atoms with E-state index in [2.05, 4.69) is 14.9 Å². The van der Waals surface area contributed by atoms with Crippen molar-refractivity contribution < 1.29 is 9.18 Å². The highest BCUT2D eigenvalue weighted by Gasteiger charge is 2.16. The number of anilines is 1. The number of amides is 1. The summed E-state index contributed by atoms with van der Waals surface area (Å²) in [6.45, 7) is 1.89. The Morgan fingerprint density at radius 3 is 3.00 bits per heavy atom. The van der Waals surface area contributed by atoms with Gasteiger partial charge in [0.15, 0.2) is 0 Å². The van der Waals surface area contributed by atoms with Crippen LogP contribution in [0.2, 0.25) is 5.02 Å². The molecule has 0 aliphatic heterocycles. The number of nitrogens with zero attached hydrogens (tertiary/aromatic N) is 2. The lowest BCUT2D eigenvalue weighted by Gasteiger charge is -2.06. The third-order valence-electron chi connectivity index (χ3n) is 2.28. The first-order chi connectivity index (χ1) is 8.61. The molecule has 0 fully saturated rings. The minimum Gasteiger partial charge on any atom is -0.320 e. The summed E-state index contributed by atoms with van der Waals surface area (Å²) in [4.78, 5) is 12.4. The molecule has 2 rings (SSSR count). The zero-order chi connectivity index (χ0) is 13.1. The molecule has 1 aromatic carbocycles. The fourth-order valence-electron chi connectivity index (χ4n) is 1.38. The highest BCUT2D eigenvalue weighted by atomic mass is 35.5. The van der Waals surface area contributed by atoms with Gasteiger partial charge in [0.05, 0.1) is 16.4 Å². The van der Waals surface area contributed by atoms with Gasteiger partial charge in [-0.25, -0.2) is 4.39 Å². The molecule has 94 valence electrons. The number of benzene rings is 1. The first-order valence-corrected chi connectivity index (χ1v) is 6.34. The van der Waals surface area contributed by atoms with Crippen molar-refractivity contribution in [1.29, 1.82) is 0 Å². The van der Waals surface area contributed by atoms with Gasteiger partial charge in [0.1, 0.15) is 10.7 Å². The van der Waals surface area contributed by atoms with Gasteiger partial charge in [-0.1, -0.05) is 23.0 Å². The highest BCUT2D eigenvalue weighted by Crippen LogP contribution is 2.23. The molecule has 0 unspecified atom stereocenters. The second-order valence-corrected chi connectivity index (χ2v) is 4.64. The Morgan fingerprint density at radius 2 is 2.33 bits per heavy atom. The van der Waals surface area contributed by atoms with Crippen LogP contribution in [0, 0.1) is 5.82 Å². The van der Waals surface area contributed by atoms with Crippen molar-refractivity contribution in [2.45, 2.75) is 13.3 Å². The van der Waals surface area contributed by atoms with E-state index in [1.807, 2.05) is 6.92 Å². The monoisotopic (exact) mass is 285 g/mol. The maximum atomic E-state index is 12.9. The van der Waals surface area contributed by atoms with Gasteiger partial charge in [0.2, 0.25) is 0 Å². The fraction of sp³-hybridized carbons (Fsp3) is 0.182. The van der Waals surface area contributed by atoms with Crippen LogP contribution in [0.25, 0.3) is 0 Å². The predicted octanol–water partition coefficient (Wildman–Crippen LogP) is 3.15. The number of rotatable bonds is 3. The zero-order valence-corrected chi connectivity index (χ0v) is 11.0. The molecule has 0 bridgehead atoms. The molecule has 1 N–H and O–H groups in total. The van der Waals surface area contributed by atoms with Crippen LogP contribution in [-0.4, -0.2) is 15.5 Å². The molecular formula is C11H9ClFN3OS. The van der Waals surface area contributed by atoms with E-state index in [1.54, 1.807) is 0 Å². The summed E-state index contributed by atoms with van der Waals surface area (Å²) in [7, 11) is 0.